The van der Waals surface area contributed by atoms with Crippen LogP contribution in [0.1, 0.15) is 45.2 Å². The largest absolute Gasteiger partial charge is 0.463 e. The molecule has 1 atom stereocenters. The maximum absolute atomic E-state index is 12.9. The molecule has 2 amide bonds. The van der Waals surface area contributed by atoms with Crippen LogP contribution < -0.4 is 5.32 Å². The third kappa shape index (κ3) is 4.35. The topological polar surface area (TPSA) is 61.9 Å². The summed E-state index contributed by atoms with van der Waals surface area (Å²) in [5, 5.41) is 6.94. The number of nitrogens with zero attached hydrogens (tertiary/aromatic N) is 2. The Kier molecular flexibility index (Phi) is 6.55. The molecule has 27 heavy (non-hydrogen) atoms. The zero-order valence-electron chi connectivity index (χ0n) is 16.4. The van der Waals surface area contributed by atoms with Gasteiger partial charge in [0.15, 0.2) is 0 Å². The molecule has 3 heterocycles. The van der Waals surface area contributed by atoms with E-state index in [0.29, 0.717) is 25.3 Å². The van der Waals surface area contributed by atoms with Crippen molar-refractivity contribution in [1.29, 1.82) is 0 Å². The van der Waals surface area contributed by atoms with Crippen LogP contribution in [0.15, 0.2) is 28.1 Å². The Balaban J connectivity index is 2.00. The van der Waals surface area contributed by atoms with Crippen LogP contribution in [0, 0.1) is 5.92 Å². The Bertz CT molecular complexity index is 693. The summed E-state index contributed by atoms with van der Waals surface area (Å²) in [6.07, 6.45) is 2.29. The number of carbonyl (C=O) groups excluding carboxylic acids is 2. The zero-order valence-corrected chi connectivity index (χ0v) is 17.2. The third-order valence-corrected chi connectivity index (χ3v) is 6.08. The highest BCUT2D eigenvalue weighted by atomic mass is 32.1. The quantitative estimate of drug-likeness (QED) is 0.755. The molecule has 0 saturated carbocycles. The lowest BCUT2D eigenvalue weighted by Crippen LogP contribution is -2.51. The number of likely N-dealkylation sites (tertiary alicyclic amines) is 1. The van der Waals surface area contributed by atoms with Gasteiger partial charge in [-0.2, -0.15) is 11.3 Å². The molecule has 2 aliphatic rings. The summed E-state index contributed by atoms with van der Waals surface area (Å²) < 4.78 is 5.38. The van der Waals surface area contributed by atoms with E-state index in [9.17, 15) is 9.59 Å². The number of esters is 1. The number of thiophene rings is 1. The highest BCUT2D eigenvalue weighted by molar-refractivity contribution is 7.08. The molecule has 3 rings (SSSR count). The smallest absolute Gasteiger partial charge is 0.338 e. The summed E-state index contributed by atoms with van der Waals surface area (Å²) in [7, 11) is 0. The predicted octanol–water partition coefficient (Wildman–Crippen LogP) is 3.38. The van der Waals surface area contributed by atoms with E-state index in [4.69, 9.17) is 4.74 Å². The molecular weight excluding hydrogens is 362 g/mol. The first-order valence-electron chi connectivity index (χ1n) is 9.77. The number of hydrogen-bond acceptors (Lipinski definition) is 5. The molecule has 1 unspecified atom stereocenters. The molecule has 7 heteroatoms. The van der Waals surface area contributed by atoms with Gasteiger partial charge in [-0.05, 0) is 68.1 Å². The molecule has 0 spiro atoms. The highest BCUT2D eigenvalue weighted by Crippen LogP contribution is 2.33. The minimum atomic E-state index is -0.454. The van der Waals surface area contributed by atoms with Crippen LogP contribution in [0.3, 0.4) is 0 Å². The van der Waals surface area contributed by atoms with Gasteiger partial charge in [-0.25, -0.2) is 9.59 Å². The fraction of sp³-hybridized carbons (Fsp3) is 0.600. The van der Waals surface area contributed by atoms with Crippen molar-refractivity contribution in [2.24, 2.45) is 5.92 Å². The van der Waals surface area contributed by atoms with Crippen molar-refractivity contribution in [3.05, 3.63) is 33.7 Å². The van der Waals surface area contributed by atoms with Crippen LogP contribution in [-0.4, -0.2) is 54.6 Å². The SMILES string of the molecule is CCOC(=O)C1=C(CN2CCC(C)CC2)N(CC)C(=O)NC1c1ccsc1. The number of piperidine rings is 1. The van der Waals surface area contributed by atoms with Crippen LogP contribution in [0.5, 0.6) is 0 Å². The van der Waals surface area contributed by atoms with Gasteiger partial charge in [0, 0.05) is 18.8 Å². The van der Waals surface area contributed by atoms with Crippen molar-refractivity contribution < 1.29 is 14.3 Å². The predicted molar refractivity (Wildman–Crippen MR) is 106 cm³/mol. The normalized spacial score (nSPS) is 22.1. The van der Waals surface area contributed by atoms with Crippen LogP contribution in [0.4, 0.5) is 4.79 Å². The fourth-order valence-electron chi connectivity index (χ4n) is 3.78. The van der Waals surface area contributed by atoms with E-state index in [1.807, 2.05) is 30.7 Å². The molecule has 0 radical (unpaired) electrons. The molecule has 0 aliphatic carbocycles. The molecule has 1 saturated heterocycles. The number of rotatable bonds is 6. The van der Waals surface area contributed by atoms with Gasteiger partial charge in [0.25, 0.3) is 0 Å². The first-order valence-corrected chi connectivity index (χ1v) is 10.7. The van der Waals surface area contributed by atoms with Crippen LogP contribution in [0.25, 0.3) is 0 Å². The Morgan fingerprint density at radius 3 is 2.67 bits per heavy atom. The Morgan fingerprint density at radius 2 is 2.07 bits per heavy atom. The number of urea groups is 1. The standard InChI is InChI=1S/C20H29N3O3S/c1-4-23-16(12-22-9-6-14(3)7-10-22)17(19(24)26-5-2)18(21-20(23)25)15-8-11-27-13-15/h8,11,13-14,18H,4-7,9-10,12H2,1-3H3,(H,21,25). The number of carbonyl (C=O) groups is 2. The molecule has 2 aliphatic heterocycles. The van der Waals surface area contributed by atoms with E-state index in [1.165, 1.54) is 0 Å². The number of nitrogens with one attached hydrogen (secondary N) is 1. The number of hydrogen-bond donors (Lipinski definition) is 1. The van der Waals surface area contributed by atoms with Crippen molar-refractivity contribution in [2.75, 3.05) is 32.8 Å². The zero-order chi connectivity index (χ0) is 19.4. The second kappa shape index (κ2) is 8.89. The van der Waals surface area contributed by atoms with Crippen LogP contribution in [-0.2, 0) is 9.53 Å². The van der Waals surface area contributed by atoms with Gasteiger partial charge >= 0.3 is 12.0 Å². The summed E-state index contributed by atoms with van der Waals surface area (Å²) in [6, 6.07) is 1.35. The average molecular weight is 392 g/mol. The average Bonchev–Trinajstić information content (AvgIpc) is 3.18. The van der Waals surface area contributed by atoms with Crippen molar-refractivity contribution in [1.82, 2.24) is 15.1 Å². The number of ether oxygens (including phenoxy) is 1. The van der Waals surface area contributed by atoms with Gasteiger partial charge in [-0.15, -0.1) is 0 Å². The lowest BCUT2D eigenvalue weighted by Gasteiger charge is -2.39. The van der Waals surface area contributed by atoms with Gasteiger partial charge in [-0.3, -0.25) is 9.80 Å². The van der Waals surface area contributed by atoms with E-state index in [2.05, 4.69) is 17.1 Å². The molecule has 1 fully saturated rings. The highest BCUT2D eigenvalue weighted by Gasteiger charge is 2.38. The van der Waals surface area contributed by atoms with Crippen molar-refractivity contribution >= 4 is 23.3 Å². The van der Waals surface area contributed by atoms with Gasteiger partial charge in [-0.1, -0.05) is 6.92 Å². The minimum absolute atomic E-state index is 0.151. The van der Waals surface area contributed by atoms with E-state index in [1.54, 1.807) is 16.2 Å². The summed E-state index contributed by atoms with van der Waals surface area (Å²) in [4.78, 5) is 29.7. The summed E-state index contributed by atoms with van der Waals surface area (Å²) in [5.41, 5.74) is 2.28. The van der Waals surface area contributed by atoms with E-state index in [0.717, 1.165) is 43.1 Å². The Labute approximate surface area is 165 Å². The lowest BCUT2D eigenvalue weighted by atomic mass is 9.95. The van der Waals surface area contributed by atoms with Crippen LogP contribution in [0.2, 0.25) is 0 Å². The summed E-state index contributed by atoms with van der Waals surface area (Å²) in [6.45, 7) is 9.43. The summed E-state index contributed by atoms with van der Waals surface area (Å²) >= 11 is 1.56. The molecule has 1 aromatic heterocycles. The Morgan fingerprint density at radius 1 is 1.33 bits per heavy atom. The second-order valence-electron chi connectivity index (χ2n) is 7.22. The molecular formula is C20H29N3O3S. The molecule has 1 N–H and O–H groups in total. The lowest BCUT2D eigenvalue weighted by molar-refractivity contribution is -0.139. The second-order valence-corrected chi connectivity index (χ2v) is 8.00. The van der Waals surface area contributed by atoms with Crippen molar-refractivity contribution in [3.8, 4) is 0 Å². The summed E-state index contributed by atoms with van der Waals surface area (Å²) in [5.74, 6) is 0.391. The number of likely N-dealkylation sites (N-methyl/N-ethyl adjacent to an activating group) is 1. The maximum Gasteiger partial charge on any atom is 0.338 e. The van der Waals surface area contributed by atoms with Crippen molar-refractivity contribution in [2.45, 2.75) is 39.7 Å². The van der Waals surface area contributed by atoms with Gasteiger partial charge < -0.3 is 10.1 Å². The van der Waals surface area contributed by atoms with Crippen molar-refractivity contribution in [3.63, 3.8) is 0 Å². The first kappa shape index (κ1) is 19.9. The molecule has 6 nitrogen and oxygen atoms in total. The van der Waals surface area contributed by atoms with Gasteiger partial charge in [0.2, 0.25) is 0 Å². The van der Waals surface area contributed by atoms with E-state index >= 15 is 0 Å². The monoisotopic (exact) mass is 391 g/mol. The maximum atomic E-state index is 12.9. The number of amides is 2. The van der Waals surface area contributed by atoms with Crippen LogP contribution >= 0.6 is 11.3 Å². The van der Waals surface area contributed by atoms with Gasteiger partial charge in [0.05, 0.1) is 18.2 Å². The Hall–Kier alpha value is -1.86. The van der Waals surface area contributed by atoms with E-state index in [-0.39, 0.29) is 12.0 Å². The minimum Gasteiger partial charge on any atom is -0.463 e. The molecule has 1 aromatic rings. The molecule has 148 valence electrons. The van der Waals surface area contributed by atoms with E-state index < -0.39 is 6.04 Å². The fourth-order valence-corrected chi connectivity index (χ4v) is 4.46. The van der Waals surface area contributed by atoms with Gasteiger partial charge in [0.1, 0.15) is 0 Å². The third-order valence-electron chi connectivity index (χ3n) is 5.38. The molecule has 0 aromatic carbocycles. The first-order chi connectivity index (χ1) is 13.0. The molecule has 0 bridgehead atoms.